The monoisotopic (exact) mass is 246 g/mol. The van der Waals surface area contributed by atoms with Gasteiger partial charge in [0, 0.05) is 13.0 Å². The van der Waals surface area contributed by atoms with Crippen molar-refractivity contribution in [2.24, 2.45) is 0 Å². The van der Waals surface area contributed by atoms with Gasteiger partial charge in [-0.15, -0.1) is 0 Å². The molecule has 0 aliphatic carbocycles. The fraction of sp³-hybridized carbons (Fsp3) is 0.700. The van der Waals surface area contributed by atoms with E-state index in [4.69, 9.17) is 9.84 Å². The van der Waals surface area contributed by atoms with E-state index in [-0.39, 0.29) is 18.9 Å². The highest BCUT2D eigenvalue weighted by Gasteiger charge is 2.06. The predicted octanol–water partition coefficient (Wildman–Crippen LogP) is -0.880. The van der Waals surface area contributed by atoms with E-state index in [1.165, 1.54) is 0 Å². The maximum Gasteiger partial charge on any atom is 0.322 e. The van der Waals surface area contributed by atoms with Crippen molar-refractivity contribution in [3.8, 4) is 0 Å². The molecule has 98 valence electrons. The third-order valence-electron chi connectivity index (χ3n) is 1.70. The number of ether oxygens (including phenoxy) is 1. The van der Waals surface area contributed by atoms with Gasteiger partial charge in [-0.05, 0) is 6.42 Å². The number of carbonyl (C=O) groups excluding carboxylic acids is 2. The minimum absolute atomic E-state index is 0.187. The Hall–Kier alpha value is -1.63. The molecule has 0 fully saturated rings. The molecule has 17 heavy (non-hydrogen) atoms. The van der Waals surface area contributed by atoms with E-state index in [2.05, 4.69) is 10.6 Å². The molecule has 0 bridgehead atoms. The summed E-state index contributed by atoms with van der Waals surface area (Å²) in [5, 5.41) is 12.8. The van der Waals surface area contributed by atoms with Crippen LogP contribution in [0.4, 0.5) is 0 Å². The molecule has 0 saturated heterocycles. The molecule has 0 unspecified atom stereocenters. The van der Waals surface area contributed by atoms with Crippen molar-refractivity contribution >= 4 is 17.8 Å². The Morgan fingerprint density at radius 2 is 1.71 bits per heavy atom. The van der Waals surface area contributed by atoms with Gasteiger partial charge in [0.15, 0.2) is 0 Å². The van der Waals surface area contributed by atoms with E-state index in [0.717, 1.165) is 6.42 Å². The molecule has 0 aromatic rings. The first-order chi connectivity index (χ1) is 8.06. The van der Waals surface area contributed by atoms with E-state index < -0.39 is 18.4 Å². The number of carboxylic acid groups (broad SMARTS) is 1. The van der Waals surface area contributed by atoms with E-state index in [1.807, 2.05) is 6.92 Å². The average Bonchev–Trinajstić information content (AvgIpc) is 2.29. The van der Waals surface area contributed by atoms with Crippen molar-refractivity contribution in [2.75, 3.05) is 26.3 Å². The normalized spacial score (nSPS) is 9.71. The number of rotatable bonds is 9. The van der Waals surface area contributed by atoms with E-state index in [0.29, 0.717) is 13.2 Å². The van der Waals surface area contributed by atoms with Gasteiger partial charge in [0.1, 0.15) is 6.54 Å². The zero-order chi connectivity index (χ0) is 13.1. The Morgan fingerprint density at radius 3 is 2.29 bits per heavy atom. The highest BCUT2D eigenvalue weighted by molar-refractivity contribution is 5.86. The molecule has 0 saturated carbocycles. The quantitative estimate of drug-likeness (QED) is 0.458. The van der Waals surface area contributed by atoms with Crippen LogP contribution in [0, 0.1) is 0 Å². The lowest BCUT2D eigenvalue weighted by Gasteiger charge is -2.05. The lowest BCUT2D eigenvalue weighted by Crippen LogP contribution is -2.39. The summed E-state index contributed by atoms with van der Waals surface area (Å²) in [5.74, 6) is -1.96. The van der Waals surface area contributed by atoms with Crippen molar-refractivity contribution in [1.29, 1.82) is 0 Å². The zero-order valence-corrected chi connectivity index (χ0v) is 9.82. The van der Waals surface area contributed by atoms with Crippen molar-refractivity contribution < 1.29 is 24.2 Å². The van der Waals surface area contributed by atoms with Crippen LogP contribution in [0.3, 0.4) is 0 Å². The maximum atomic E-state index is 11.2. The molecule has 0 heterocycles. The Bertz CT molecular complexity index is 267. The minimum Gasteiger partial charge on any atom is -0.480 e. The van der Waals surface area contributed by atoms with Gasteiger partial charge in [0.25, 0.3) is 0 Å². The second-order valence-corrected chi connectivity index (χ2v) is 3.31. The second kappa shape index (κ2) is 9.59. The lowest BCUT2D eigenvalue weighted by atomic mass is 10.4. The number of carbonyl (C=O) groups is 3. The summed E-state index contributed by atoms with van der Waals surface area (Å²) in [5.41, 5.74) is 0. The first-order valence-corrected chi connectivity index (χ1v) is 5.39. The van der Waals surface area contributed by atoms with Crippen LogP contribution in [-0.4, -0.2) is 49.2 Å². The number of nitrogens with one attached hydrogen (secondary N) is 2. The minimum atomic E-state index is -1.13. The van der Waals surface area contributed by atoms with E-state index in [9.17, 15) is 14.4 Å². The van der Waals surface area contributed by atoms with Crippen LogP contribution < -0.4 is 10.6 Å². The fourth-order valence-electron chi connectivity index (χ4n) is 0.915. The summed E-state index contributed by atoms with van der Waals surface area (Å²) in [6.45, 7) is 2.21. The van der Waals surface area contributed by atoms with Gasteiger partial charge >= 0.3 is 5.97 Å². The third kappa shape index (κ3) is 10.6. The van der Waals surface area contributed by atoms with Crippen molar-refractivity contribution in [3.05, 3.63) is 0 Å². The topological polar surface area (TPSA) is 105 Å². The molecule has 0 radical (unpaired) electrons. The van der Waals surface area contributed by atoms with Crippen LogP contribution in [0.2, 0.25) is 0 Å². The summed E-state index contributed by atoms with van der Waals surface area (Å²) in [6, 6.07) is 0. The molecule has 0 aliphatic rings. The SMILES string of the molecule is CCCOCCC(=O)NCC(=O)NCC(=O)O. The van der Waals surface area contributed by atoms with Crippen molar-refractivity contribution in [2.45, 2.75) is 19.8 Å². The largest absolute Gasteiger partial charge is 0.480 e. The van der Waals surface area contributed by atoms with Crippen LogP contribution in [0.1, 0.15) is 19.8 Å². The summed E-state index contributed by atoms with van der Waals surface area (Å²) in [7, 11) is 0. The number of hydrogen-bond donors (Lipinski definition) is 3. The molecule has 0 rings (SSSR count). The summed E-state index contributed by atoms with van der Waals surface area (Å²) in [4.78, 5) is 32.3. The van der Waals surface area contributed by atoms with Gasteiger partial charge in [-0.2, -0.15) is 0 Å². The number of carboxylic acids is 1. The van der Waals surface area contributed by atoms with Crippen LogP contribution in [-0.2, 0) is 19.1 Å². The lowest BCUT2D eigenvalue weighted by molar-refractivity contribution is -0.137. The smallest absolute Gasteiger partial charge is 0.322 e. The predicted molar refractivity (Wildman–Crippen MR) is 59.4 cm³/mol. The molecule has 0 atom stereocenters. The average molecular weight is 246 g/mol. The van der Waals surface area contributed by atoms with Gasteiger partial charge in [0.05, 0.1) is 13.2 Å². The van der Waals surface area contributed by atoms with Crippen LogP contribution in [0.5, 0.6) is 0 Å². The molecular weight excluding hydrogens is 228 g/mol. The number of hydrogen-bond acceptors (Lipinski definition) is 4. The van der Waals surface area contributed by atoms with Gasteiger partial charge in [-0.25, -0.2) is 0 Å². The van der Waals surface area contributed by atoms with Crippen LogP contribution in [0.25, 0.3) is 0 Å². The van der Waals surface area contributed by atoms with Crippen LogP contribution in [0.15, 0.2) is 0 Å². The molecule has 3 N–H and O–H groups in total. The fourth-order valence-corrected chi connectivity index (χ4v) is 0.915. The van der Waals surface area contributed by atoms with Gasteiger partial charge in [-0.1, -0.05) is 6.92 Å². The van der Waals surface area contributed by atoms with E-state index >= 15 is 0 Å². The van der Waals surface area contributed by atoms with Gasteiger partial charge < -0.3 is 20.5 Å². The number of amides is 2. The third-order valence-corrected chi connectivity index (χ3v) is 1.70. The van der Waals surface area contributed by atoms with Crippen molar-refractivity contribution in [3.63, 3.8) is 0 Å². The van der Waals surface area contributed by atoms with E-state index in [1.54, 1.807) is 0 Å². The van der Waals surface area contributed by atoms with Gasteiger partial charge in [0.2, 0.25) is 11.8 Å². The molecular formula is C10H18N2O5. The first-order valence-electron chi connectivity index (χ1n) is 5.39. The Kier molecular flexibility index (Phi) is 8.67. The highest BCUT2D eigenvalue weighted by atomic mass is 16.5. The van der Waals surface area contributed by atoms with Crippen molar-refractivity contribution in [1.82, 2.24) is 10.6 Å². The standard InChI is InChI=1S/C10H18N2O5/c1-2-4-17-5-3-8(13)11-6-9(14)12-7-10(15)16/h2-7H2,1H3,(H,11,13)(H,12,14)(H,15,16). The van der Waals surface area contributed by atoms with Crippen LogP contribution >= 0.6 is 0 Å². The summed E-state index contributed by atoms with van der Waals surface area (Å²) < 4.78 is 5.10. The summed E-state index contributed by atoms with van der Waals surface area (Å²) >= 11 is 0. The zero-order valence-electron chi connectivity index (χ0n) is 9.82. The second-order valence-electron chi connectivity index (χ2n) is 3.31. The molecule has 0 aliphatic heterocycles. The molecule has 0 spiro atoms. The molecule has 0 aromatic heterocycles. The molecule has 7 heteroatoms. The Labute approximate surface area is 99.5 Å². The Balaban J connectivity index is 3.49. The maximum absolute atomic E-state index is 11.2. The molecule has 0 aromatic carbocycles. The number of aliphatic carboxylic acids is 1. The Morgan fingerprint density at radius 1 is 1.06 bits per heavy atom. The molecule has 7 nitrogen and oxygen atoms in total. The van der Waals surface area contributed by atoms with Gasteiger partial charge in [-0.3, -0.25) is 14.4 Å². The first kappa shape index (κ1) is 15.4. The molecule has 2 amide bonds. The summed E-state index contributed by atoms with van der Waals surface area (Å²) in [6.07, 6.45) is 1.07. The highest BCUT2D eigenvalue weighted by Crippen LogP contribution is 1.85.